The normalized spacial score (nSPS) is 14.8. The van der Waals surface area contributed by atoms with E-state index < -0.39 is 17.9 Å². The molecule has 0 spiro atoms. The molecular formula is C31H31N3O4. The van der Waals surface area contributed by atoms with E-state index in [2.05, 4.69) is 18.0 Å². The van der Waals surface area contributed by atoms with Crippen molar-refractivity contribution in [2.75, 3.05) is 7.11 Å². The Labute approximate surface area is 222 Å². The van der Waals surface area contributed by atoms with E-state index in [0.717, 1.165) is 45.8 Å². The number of methoxy groups -OCH3 is 1. The van der Waals surface area contributed by atoms with Gasteiger partial charge in [-0.3, -0.25) is 4.79 Å². The maximum atomic E-state index is 14.1. The molecule has 0 saturated carbocycles. The Bertz CT molecular complexity index is 1390. The number of aryl methyl sites for hydroxylation is 1. The van der Waals surface area contributed by atoms with Gasteiger partial charge in [0.05, 0.1) is 31.6 Å². The Kier molecular flexibility index (Phi) is 7.26. The van der Waals surface area contributed by atoms with Crippen LogP contribution in [0.5, 0.6) is 5.75 Å². The summed E-state index contributed by atoms with van der Waals surface area (Å²) in [6.45, 7) is 2.80. The minimum absolute atomic E-state index is 0.150. The van der Waals surface area contributed by atoms with Crippen LogP contribution < -0.4 is 4.74 Å². The number of hydrogen-bond donors (Lipinski definition) is 1. The summed E-state index contributed by atoms with van der Waals surface area (Å²) < 4.78 is 7.45. The van der Waals surface area contributed by atoms with Crippen LogP contribution in [0.25, 0.3) is 0 Å². The van der Waals surface area contributed by atoms with Gasteiger partial charge in [-0.15, -0.1) is 0 Å². The molecule has 0 bridgehead atoms. The van der Waals surface area contributed by atoms with E-state index in [1.165, 1.54) is 4.90 Å². The molecule has 1 aliphatic rings. The molecule has 1 N–H and O–H groups in total. The summed E-state index contributed by atoms with van der Waals surface area (Å²) in [5.74, 6) is -1.00. The number of imidazole rings is 1. The number of ether oxygens (including phenoxy) is 1. The lowest BCUT2D eigenvalue weighted by molar-refractivity contribution is -0.151. The Morgan fingerprint density at radius 1 is 1.03 bits per heavy atom. The molecule has 1 aliphatic heterocycles. The summed E-state index contributed by atoms with van der Waals surface area (Å²) in [7, 11) is 1.67. The second kappa shape index (κ2) is 10.9. The minimum Gasteiger partial charge on any atom is -0.496 e. The van der Waals surface area contributed by atoms with Crippen LogP contribution in [0.3, 0.4) is 0 Å². The van der Waals surface area contributed by atoms with Crippen LogP contribution in [0, 0.1) is 0 Å². The molecule has 1 unspecified atom stereocenters. The highest BCUT2D eigenvalue weighted by molar-refractivity contribution is 5.91. The number of carboxylic acid groups (broad SMARTS) is 1. The first-order chi connectivity index (χ1) is 18.5. The maximum Gasteiger partial charge on any atom is 0.326 e. The fraction of sp³-hybridized carbons (Fsp3) is 0.258. The summed E-state index contributed by atoms with van der Waals surface area (Å²) >= 11 is 0. The van der Waals surface area contributed by atoms with Gasteiger partial charge in [0.25, 0.3) is 0 Å². The molecule has 0 saturated heterocycles. The molecule has 0 aliphatic carbocycles. The molecule has 2 heterocycles. The van der Waals surface area contributed by atoms with Crippen molar-refractivity contribution in [3.63, 3.8) is 0 Å². The van der Waals surface area contributed by atoms with Crippen molar-refractivity contribution in [3.8, 4) is 5.75 Å². The summed E-state index contributed by atoms with van der Waals surface area (Å²) in [6.07, 6.45) is 2.80. The molecule has 38 heavy (non-hydrogen) atoms. The lowest BCUT2D eigenvalue weighted by Gasteiger charge is -2.35. The van der Waals surface area contributed by atoms with Crippen LogP contribution in [0.1, 0.15) is 46.5 Å². The lowest BCUT2D eigenvalue weighted by atomic mass is 9.88. The van der Waals surface area contributed by atoms with Crippen LogP contribution >= 0.6 is 0 Å². The van der Waals surface area contributed by atoms with Gasteiger partial charge in [-0.25, -0.2) is 9.78 Å². The molecular weight excluding hydrogens is 478 g/mol. The summed E-state index contributed by atoms with van der Waals surface area (Å²) in [5.41, 5.74) is 5.45. The molecule has 7 nitrogen and oxygen atoms in total. The zero-order valence-electron chi connectivity index (χ0n) is 21.6. The van der Waals surface area contributed by atoms with E-state index in [4.69, 9.17) is 4.74 Å². The zero-order chi connectivity index (χ0) is 26.6. The highest BCUT2D eigenvalue weighted by atomic mass is 16.5. The van der Waals surface area contributed by atoms with Gasteiger partial charge in [0.1, 0.15) is 11.8 Å². The van der Waals surface area contributed by atoms with Crippen LogP contribution in [0.4, 0.5) is 0 Å². The number of amides is 1. The third-order valence-corrected chi connectivity index (χ3v) is 7.28. The van der Waals surface area contributed by atoms with Gasteiger partial charge < -0.3 is 19.3 Å². The van der Waals surface area contributed by atoms with E-state index in [-0.39, 0.29) is 18.9 Å². The Hall–Kier alpha value is -4.39. The molecule has 3 aromatic carbocycles. The van der Waals surface area contributed by atoms with E-state index in [0.29, 0.717) is 6.54 Å². The third-order valence-electron chi connectivity index (χ3n) is 7.28. The van der Waals surface area contributed by atoms with Crippen LogP contribution in [-0.2, 0) is 35.5 Å². The SMILES string of the molecule is CCc1cc(Cn2cnc3c2CC(C(=O)O)N(C(=O)C(c2ccccc2)c2ccccc2)C3)ccc1OC. The van der Waals surface area contributed by atoms with Gasteiger partial charge in [0.15, 0.2) is 0 Å². The number of hydrogen-bond acceptors (Lipinski definition) is 4. The predicted octanol–water partition coefficient (Wildman–Crippen LogP) is 4.67. The number of rotatable bonds is 8. The average molecular weight is 510 g/mol. The number of aromatic nitrogens is 2. The molecule has 0 fully saturated rings. The van der Waals surface area contributed by atoms with Gasteiger partial charge in [-0.1, -0.05) is 79.7 Å². The molecule has 1 aromatic heterocycles. The van der Waals surface area contributed by atoms with E-state index >= 15 is 0 Å². The first-order valence-electron chi connectivity index (χ1n) is 12.8. The van der Waals surface area contributed by atoms with Crippen molar-refractivity contribution >= 4 is 11.9 Å². The standard InChI is InChI=1S/C31H31N3O4/c1-3-22-16-21(14-15-28(22)38-2)18-33-20-32-25-19-34(27(31(36)37)17-26(25)33)30(35)29(23-10-6-4-7-11-23)24-12-8-5-9-13-24/h4-16,20,27,29H,3,17-19H2,1-2H3,(H,36,37). The Morgan fingerprint density at radius 2 is 1.68 bits per heavy atom. The first kappa shape index (κ1) is 25.3. The van der Waals surface area contributed by atoms with Crippen LogP contribution in [0.15, 0.2) is 85.2 Å². The smallest absolute Gasteiger partial charge is 0.326 e. The number of aliphatic carboxylic acids is 1. The second-order valence-corrected chi connectivity index (χ2v) is 9.54. The van der Waals surface area contributed by atoms with Gasteiger partial charge >= 0.3 is 5.97 Å². The number of nitrogens with zero attached hydrogens (tertiary/aromatic N) is 3. The highest BCUT2D eigenvalue weighted by Crippen LogP contribution is 2.32. The molecule has 1 amide bonds. The number of carboxylic acids is 1. The highest BCUT2D eigenvalue weighted by Gasteiger charge is 2.40. The predicted molar refractivity (Wildman–Crippen MR) is 144 cm³/mol. The van der Waals surface area contributed by atoms with Crippen molar-refractivity contribution < 1.29 is 19.4 Å². The molecule has 7 heteroatoms. The topological polar surface area (TPSA) is 84.7 Å². The molecule has 0 radical (unpaired) electrons. The third kappa shape index (κ3) is 4.92. The van der Waals surface area contributed by atoms with Crippen LogP contribution in [-0.4, -0.2) is 44.6 Å². The van der Waals surface area contributed by atoms with Gasteiger partial charge in [0.2, 0.25) is 5.91 Å². The van der Waals surface area contributed by atoms with Gasteiger partial charge in [0, 0.05) is 18.7 Å². The van der Waals surface area contributed by atoms with Crippen molar-refractivity contribution in [2.45, 2.75) is 44.8 Å². The zero-order valence-corrected chi connectivity index (χ0v) is 21.6. The average Bonchev–Trinajstić information content (AvgIpc) is 3.35. The van der Waals surface area contributed by atoms with Gasteiger partial charge in [-0.2, -0.15) is 0 Å². The molecule has 1 atom stereocenters. The van der Waals surface area contributed by atoms with Crippen molar-refractivity contribution in [1.82, 2.24) is 14.5 Å². The monoisotopic (exact) mass is 509 g/mol. The Balaban J connectivity index is 1.46. The number of carbonyl (C=O) groups excluding carboxylic acids is 1. The number of carbonyl (C=O) groups is 2. The lowest BCUT2D eigenvalue weighted by Crippen LogP contribution is -2.50. The summed E-state index contributed by atoms with van der Waals surface area (Å²) in [4.78, 5) is 32.6. The van der Waals surface area contributed by atoms with Crippen LogP contribution in [0.2, 0.25) is 0 Å². The summed E-state index contributed by atoms with van der Waals surface area (Å²) in [6, 6.07) is 24.1. The fourth-order valence-corrected chi connectivity index (χ4v) is 5.31. The molecule has 5 rings (SSSR count). The Morgan fingerprint density at radius 3 is 2.26 bits per heavy atom. The quantitative estimate of drug-likeness (QED) is 0.373. The number of fused-ring (bicyclic) bond motifs is 1. The van der Waals surface area contributed by atoms with Crippen molar-refractivity contribution in [3.05, 3.63) is 119 Å². The summed E-state index contributed by atoms with van der Waals surface area (Å²) in [5, 5.41) is 10.2. The minimum atomic E-state index is -1.02. The second-order valence-electron chi connectivity index (χ2n) is 9.54. The van der Waals surface area contributed by atoms with Crippen molar-refractivity contribution in [2.24, 2.45) is 0 Å². The van der Waals surface area contributed by atoms with E-state index in [1.54, 1.807) is 13.4 Å². The first-order valence-corrected chi connectivity index (χ1v) is 12.8. The van der Waals surface area contributed by atoms with E-state index in [1.807, 2.05) is 77.4 Å². The largest absolute Gasteiger partial charge is 0.496 e. The maximum absolute atomic E-state index is 14.1. The van der Waals surface area contributed by atoms with Crippen molar-refractivity contribution in [1.29, 1.82) is 0 Å². The van der Waals surface area contributed by atoms with E-state index in [9.17, 15) is 14.7 Å². The number of benzene rings is 3. The molecule has 4 aromatic rings. The van der Waals surface area contributed by atoms with Gasteiger partial charge in [-0.05, 0) is 34.7 Å². The fourth-order valence-electron chi connectivity index (χ4n) is 5.31. The molecule has 194 valence electrons.